The molecule has 5 heteroatoms. The van der Waals surface area contributed by atoms with E-state index in [0.717, 1.165) is 36.3 Å². The average Bonchev–Trinajstić information content (AvgIpc) is 3.13. The van der Waals surface area contributed by atoms with Crippen molar-refractivity contribution in [1.29, 1.82) is 0 Å². The number of amides is 1. The molecule has 0 radical (unpaired) electrons. The summed E-state index contributed by atoms with van der Waals surface area (Å²) in [5.74, 6) is 2.63. The van der Waals surface area contributed by atoms with Crippen molar-refractivity contribution in [2.75, 3.05) is 20.8 Å². The number of rotatable bonds is 4. The lowest BCUT2D eigenvalue weighted by atomic mass is 9.58. The first-order valence-corrected chi connectivity index (χ1v) is 9.94. The van der Waals surface area contributed by atoms with Gasteiger partial charge in [0, 0.05) is 19.6 Å². The molecule has 2 bridgehead atoms. The molecule has 1 aliphatic heterocycles. The summed E-state index contributed by atoms with van der Waals surface area (Å²) >= 11 is 0. The van der Waals surface area contributed by atoms with E-state index in [1.54, 1.807) is 21.1 Å². The van der Waals surface area contributed by atoms with Gasteiger partial charge in [-0.25, -0.2) is 0 Å². The first kappa shape index (κ1) is 18.6. The Hall–Kier alpha value is -1.75. The molecule has 1 aromatic rings. The van der Waals surface area contributed by atoms with Crippen molar-refractivity contribution in [3.8, 4) is 11.5 Å². The predicted octanol–water partition coefficient (Wildman–Crippen LogP) is 3.72. The van der Waals surface area contributed by atoms with Crippen molar-refractivity contribution in [2.45, 2.75) is 52.2 Å². The van der Waals surface area contributed by atoms with Crippen molar-refractivity contribution in [3.05, 3.63) is 23.8 Å². The van der Waals surface area contributed by atoms with Gasteiger partial charge in [0.1, 0.15) is 11.5 Å². The third-order valence-corrected chi connectivity index (χ3v) is 7.60. The number of ether oxygens (including phenoxy) is 3. The molecule has 4 rings (SSSR count). The van der Waals surface area contributed by atoms with Crippen LogP contribution in [0.3, 0.4) is 0 Å². The highest BCUT2D eigenvalue weighted by atomic mass is 16.5. The summed E-state index contributed by atoms with van der Waals surface area (Å²) in [6.45, 7) is 6.96. The van der Waals surface area contributed by atoms with E-state index >= 15 is 0 Å². The second-order valence-electron chi connectivity index (χ2n) is 9.05. The topological polar surface area (TPSA) is 56.8 Å². The molecule has 1 unspecified atom stereocenters. The normalized spacial score (nSPS) is 36.2. The Kier molecular flexibility index (Phi) is 4.41. The highest BCUT2D eigenvalue weighted by Crippen LogP contribution is 2.71. The Morgan fingerprint density at radius 1 is 1.22 bits per heavy atom. The lowest BCUT2D eigenvalue weighted by molar-refractivity contribution is -0.136. The predicted molar refractivity (Wildman–Crippen MR) is 103 cm³/mol. The van der Waals surface area contributed by atoms with Gasteiger partial charge in [0.25, 0.3) is 0 Å². The average molecular weight is 373 g/mol. The van der Waals surface area contributed by atoms with Gasteiger partial charge in [-0.3, -0.25) is 4.79 Å². The van der Waals surface area contributed by atoms with Crippen LogP contribution < -0.4 is 14.8 Å². The molecular weight excluding hydrogens is 342 g/mol. The summed E-state index contributed by atoms with van der Waals surface area (Å²) in [4.78, 5) is 12.0. The van der Waals surface area contributed by atoms with Crippen LogP contribution in [0.1, 0.15) is 51.7 Å². The number of hydrogen-bond acceptors (Lipinski definition) is 4. The van der Waals surface area contributed by atoms with Crippen LogP contribution >= 0.6 is 0 Å². The van der Waals surface area contributed by atoms with Crippen LogP contribution in [0.2, 0.25) is 0 Å². The summed E-state index contributed by atoms with van der Waals surface area (Å²) in [5.41, 5.74) is 1.20. The number of nitrogens with one attached hydrogen (secondary N) is 1. The van der Waals surface area contributed by atoms with E-state index < -0.39 is 0 Å². The van der Waals surface area contributed by atoms with Crippen molar-refractivity contribution < 1.29 is 19.0 Å². The Morgan fingerprint density at radius 3 is 2.48 bits per heavy atom. The van der Waals surface area contributed by atoms with Crippen LogP contribution in [0.25, 0.3) is 0 Å². The molecule has 2 saturated carbocycles. The highest BCUT2D eigenvalue weighted by molar-refractivity contribution is 5.73. The van der Waals surface area contributed by atoms with E-state index in [2.05, 4.69) is 19.2 Å². The lowest BCUT2D eigenvalue weighted by Gasteiger charge is -2.53. The maximum absolute atomic E-state index is 12.0. The Balaban J connectivity index is 1.78. The quantitative estimate of drug-likeness (QED) is 0.874. The number of carbonyl (C=O) groups is 1. The number of hydrogen-bond donors (Lipinski definition) is 1. The van der Waals surface area contributed by atoms with Crippen LogP contribution in [-0.2, 0) is 9.53 Å². The van der Waals surface area contributed by atoms with Gasteiger partial charge in [0.15, 0.2) is 0 Å². The van der Waals surface area contributed by atoms with Crippen molar-refractivity contribution in [3.63, 3.8) is 0 Å². The van der Waals surface area contributed by atoms with Gasteiger partial charge in [0.05, 0.1) is 25.9 Å². The molecule has 5 nitrogen and oxygen atoms in total. The van der Waals surface area contributed by atoms with Gasteiger partial charge in [-0.05, 0) is 54.1 Å². The number of carbonyl (C=O) groups excluding carboxylic acids is 1. The van der Waals surface area contributed by atoms with Crippen molar-refractivity contribution >= 4 is 5.91 Å². The lowest BCUT2D eigenvalue weighted by Crippen LogP contribution is -2.58. The van der Waals surface area contributed by atoms with Gasteiger partial charge in [-0.1, -0.05) is 19.9 Å². The van der Waals surface area contributed by atoms with Crippen molar-refractivity contribution in [2.24, 2.45) is 22.7 Å². The molecule has 27 heavy (non-hydrogen) atoms. The smallest absolute Gasteiger partial charge is 0.217 e. The summed E-state index contributed by atoms with van der Waals surface area (Å²) in [6.07, 6.45) is 3.21. The molecular formula is C22H31NO4. The van der Waals surface area contributed by atoms with Gasteiger partial charge in [0.2, 0.25) is 5.91 Å². The Labute approximate surface area is 161 Å². The van der Waals surface area contributed by atoms with E-state index in [4.69, 9.17) is 14.2 Å². The summed E-state index contributed by atoms with van der Waals surface area (Å²) < 4.78 is 17.7. The maximum atomic E-state index is 12.0. The van der Waals surface area contributed by atoms with Gasteiger partial charge in [-0.15, -0.1) is 0 Å². The molecule has 1 spiro atoms. The minimum Gasteiger partial charge on any atom is -0.496 e. The molecule has 3 aliphatic rings. The molecule has 0 aromatic heterocycles. The fourth-order valence-corrected chi connectivity index (χ4v) is 6.44. The van der Waals surface area contributed by atoms with E-state index in [1.807, 2.05) is 18.2 Å². The zero-order valence-corrected chi connectivity index (χ0v) is 17.0. The minimum absolute atomic E-state index is 0.0617. The monoisotopic (exact) mass is 373 g/mol. The standard InChI is InChI=1S/C22H31NO4/c1-13(24)23-20-21(2,3)14-11-15-19(27-10-9-22(15,20)12-14)18-16(25-4)7-6-8-17(18)26-5/h6-8,14-15,19-20H,9-12H2,1-5H3,(H,23,24)/t14-,15-,19+,20+,22?/m1/s1. The molecule has 148 valence electrons. The SMILES string of the molecule is COc1cccc(OC)c1[C@H]1OCCC23C[C@@H](C[C@H]12)C(C)(C)[C@@H]3NC(C)=O. The third-order valence-electron chi connectivity index (χ3n) is 7.60. The van der Waals surface area contributed by atoms with Crippen LogP contribution in [0.4, 0.5) is 0 Å². The molecule has 1 heterocycles. The minimum atomic E-state index is -0.0674. The maximum Gasteiger partial charge on any atom is 0.217 e. The van der Waals surface area contributed by atoms with Crippen LogP contribution in [0, 0.1) is 22.7 Å². The van der Waals surface area contributed by atoms with Gasteiger partial charge < -0.3 is 19.5 Å². The number of methoxy groups -OCH3 is 2. The highest BCUT2D eigenvalue weighted by Gasteiger charge is 2.68. The molecule has 1 amide bonds. The summed E-state index contributed by atoms with van der Waals surface area (Å²) in [5, 5.41) is 3.33. The second-order valence-corrected chi connectivity index (χ2v) is 9.05. The molecule has 1 saturated heterocycles. The van der Waals surface area contributed by atoms with Crippen LogP contribution in [0.15, 0.2) is 18.2 Å². The first-order chi connectivity index (χ1) is 12.8. The fraction of sp³-hybridized carbons (Fsp3) is 0.682. The third kappa shape index (κ3) is 2.58. The largest absolute Gasteiger partial charge is 0.496 e. The van der Waals surface area contributed by atoms with Crippen LogP contribution in [-0.4, -0.2) is 32.8 Å². The molecule has 3 fully saturated rings. The molecule has 5 atom stereocenters. The summed E-state index contributed by atoms with van der Waals surface area (Å²) in [6, 6.07) is 6.08. The van der Waals surface area contributed by atoms with Crippen molar-refractivity contribution in [1.82, 2.24) is 5.32 Å². The zero-order valence-electron chi connectivity index (χ0n) is 17.0. The fourth-order valence-electron chi connectivity index (χ4n) is 6.44. The van der Waals surface area contributed by atoms with Gasteiger partial charge >= 0.3 is 0 Å². The van der Waals surface area contributed by atoms with Crippen LogP contribution in [0.5, 0.6) is 11.5 Å². The van der Waals surface area contributed by atoms with E-state index in [0.29, 0.717) is 18.4 Å². The Bertz CT molecular complexity index is 724. The summed E-state index contributed by atoms with van der Waals surface area (Å²) in [7, 11) is 3.39. The van der Waals surface area contributed by atoms with Gasteiger partial charge in [-0.2, -0.15) is 0 Å². The number of benzene rings is 1. The van der Waals surface area contributed by atoms with E-state index in [-0.39, 0.29) is 28.9 Å². The van der Waals surface area contributed by atoms with E-state index in [9.17, 15) is 4.79 Å². The number of fused-ring (bicyclic) bond motifs is 1. The zero-order chi connectivity index (χ0) is 19.4. The molecule has 1 aromatic carbocycles. The first-order valence-electron chi connectivity index (χ1n) is 9.94. The van der Waals surface area contributed by atoms with E-state index in [1.165, 1.54) is 0 Å². The molecule has 2 aliphatic carbocycles. The Morgan fingerprint density at radius 2 is 1.89 bits per heavy atom. The second kappa shape index (κ2) is 6.40. The molecule has 1 N–H and O–H groups in total.